The summed E-state index contributed by atoms with van der Waals surface area (Å²) >= 11 is 5.91. The third-order valence-electron chi connectivity index (χ3n) is 3.39. The molecule has 112 valence electrons. The quantitative estimate of drug-likeness (QED) is 0.618. The number of sulfonamides is 1. The fraction of sp³-hybridized carbons (Fsp3) is 0.538. The maximum atomic E-state index is 12.1. The first-order chi connectivity index (χ1) is 9.49. The van der Waals surface area contributed by atoms with Crippen LogP contribution in [0.3, 0.4) is 0 Å². The van der Waals surface area contributed by atoms with Gasteiger partial charge in [-0.2, -0.15) is 0 Å². The fourth-order valence-electron chi connectivity index (χ4n) is 2.32. The molecule has 0 amide bonds. The smallest absolute Gasteiger partial charge is 0.242 e. The van der Waals surface area contributed by atoms with Crippen LogP contribution in [-0.4, -0.2) is 39.5 Å². The third-order valence-corrected chi connectivity index (χ3v) is 5.33. The Morgan fingerprint density at radius 3 is 2.70 bits per heavy atom. The number of nitrogens with one attached hydrogen (secondary N) is 1. The molecule has 0 atom stereocenters. The zero-order valence-corrected chi connectivity index (χ0v) is 12.9. The summed E-state index contributed by atoms with van der Waals surface area (Å²) in [6.07, 6.45) is 3.27. The summed E-state index contributed by atoms with van der Waals surface area (Å²) in [6.45, 7) is 3.57. The van der Waals surface area contributed by atoms with Gasteiger partial charge in [-0.25, -0.2) is 13.1 Å². The normalized spacial score (nSPS) is 16.6. The Hall–Kier alpha value is -0.820. The topological polar surface area (TPSA) is 75.4 Å². The second kappa shape index (κ2) is 6.76. The van der Waals surface area contributed by atoms with Gasteiger partial charge in [0.25, 0.3) is 0 Å². The van der Waals surface area contributed by atoms with Gasteiger partial charge in [0.2, 0.25) is 10.0 Å². The second-order valence-corrected chi connectivity index (χ2v) is 7.13. The molecule has 1 aliphatic heterocycles. The van der Waals surface area contributed by atoms with Crippen molar-refractivity contribution in [3.05, 3.63) is 23.2 Å². The SMILES string of the molecule is Nc1ccc(Cl)c(S(=O)(=O)NCCCN2CCCC2)c1. The van der Waals surface area contributed by atoms with Gasteiger partial charge in [-0.15, -0.1) is 0 Å². The molecular formula is C13H20ClN3O2S. The molecule has 0 aromatic heterocycles. The van der Waals surface area contributed by atoms with Crippen LogP contribution in [0, 0.1) is 0 Å². The highest BCUT2D eigenvalue weighted by atomic mass is 35.5. The van der Waals surface area contributed by atoms with Crippen molar-refractivity contribution in [1.82, 2.24) is 9.62 Å². The minimum atomic E-state index is -3.59. The van der Waals surface area contributed by atoms with E-state index < -0.39 is 10.0 Å². The molecule has 0 saturated carbocycles. The Morgan fingerprint density at radius 1 is 1.30 bits per heavy atom. The van der Waals surface area contributed by atoms with Crippen LogP contribution in [0.15, 0.2) is 23.1 Å². The van der Waals surface area contributed by atoms with Crippen LogP contribution in [0.25, 0.3) is 0 Å². The van der Waals surface area contributed by atoms with Gasteiger partial charge in [-0.3, -0.25) is 0 Å². The summed E-state index contributed by atoms with van der Waals surface area (Å²) < 4.78 is 26.8. The fourth-order valence-corrected chi connectivity index (χ4v) is 3.93. The van der Waals surface area contributed by atoms with Crippen LogP contribution in [0.2, 0.25) is 5.02 Å². The lowest BCUT2D eigenvalue weighted by atomic mass is 10.3. The van der Waals surface area contributed by atoms with Crippen molar-refractivity contribution in [3.63, 3.8) is 0 Å². The molecule has 0 aliphatic carbocycles. The van der Waals surface area contributed by atoms with E-state index in [0.717, 1.165) is 26.1 Å². The maximum absolute atomic E-state index is 12.1. The number of hydrogen-bond acceptors (Lipinski definition) is 4. The molecule has 1 aromatic rings. The van der Waals surface area contributed by atoms with Crippen LogP contribution in [0.4, 0.5) is 5.69 Å². The molecule has 5 nitrogen and oxygen atoms in total. The Kier molecular flexibility index (Phi) is 5.26. The average Bonchev–Trinajstić information content (AvgIpc) is 2.90. The van der Waals surface area contributed by atoms with Crippen molar-refractivity contribution in [2.75, 3.05) is 31.9 Å². The number of benzene rings is 1. The van der Waals surface area contributed by atoms with Crippen LogP contribution in [0.1, 0.15) is 19.3 Å². The monoisotopic (exact) mass is 317 g/mol. The van der Waals surface area contributed by atoms with E-state index in [2.05, 4.69) is 9.62 Å². The maximum Gasteiger partial charge on any atom is 0.242 e. The summed E-state index contributed by atoms with van der Waals surface area (Å²) in [4.78, 5) is 2.39. The summed E-state index contributed by atoms with van der Waals surface area (Å²) in [6, 6.07) is 4.45. The summed E-state index contributed by atoms with van der Waals surface area (Å²) in [5.74, 6) is 0. The number of anilines is 1. The molecule has 0 spiro atoms. The molecular weight excluding hydrogens is 298 g/mol. The first kappa shape index (κ1) is 15.6. The lowest BCUT2D eigenvalue weighted by molar-refractivity contribution is 0.334. The number of nitrogens with zero attached hydrogens (tertiary/aromatic N) is 1. The van der Waals surface area contributed by atoms with Crippen LogP contribution < -0.4 is 10.5 Å². The molecule has 20 heavy (non-hydrogen) atoms. The van der Waals surface area contributed by atoms with Gasteiger partial charge in [-0.05, 0) is 57.1 Å². The number of nitrogens with two attached hydrogens (primary N) is 1. The van der Waals surface area contributed by atoms with E-state index >= 15 is 0 Å². The van der Waals surface area contributed by atoms with E-state index in [1.165, 1.54) is 25.0 Å². The Morgan fingerprint density at radius 2 is 2.00 bits per heavy atom. The molecule has 7 heteroatoms. The molecule has 0 unspecified atom stereocenters. The second-order valence-electron chi connectivity index (χ2n) is 4.99. The molecule has 0 radical (unpaired) electrons. The Labute approximate surface area is 125 Å². The zero-order valence-electron chi connectivity index (χ0n) is 11.3. The molecule has 2 rings (SSSR count). The number of rotatable bonds is 6. The van der Waals surface area contributed by atoms with Gasteiger partial charge in [0.15, 0.2) is 0 Å². The van der Waals surface area contributed by atoms with E-state index in [0.29, 0.717) is 12.2 Å². The van der Waals surface area contributed by atoms with Crippen molar-refractivity contribution in [2.45, 2.75) is 24.2 Å². The lowest BCUT2D eigenvalue weighted by Crippen LogP contribution is -2.29. The predicted molar refractivity (Wildman–Crippen MR) is 81.3 cm³/mol. The van der Waals surface area contributed by atoms with E-state index in [1.54, 1.807) is 6.07 Å². The predicted octanol–water partition coefficient (Wildman–Crippen LogP) is 1.69. The van der Waals surface area contributed by atoms with E-state index in [1.807, 2.05) is 0 Å². The minimum Gasteiger partial charge on any atom is -0.399 e. The molecule has 1 heterocycles. The van der Waals surface area contributed by atoms with Gasteiger partial charge in [0, 0.05) is 12.2 Å². The number of nitrogen functional groups attached to an aromatic ring is 1. The molecule has 3 N–H and O–H groups in total. The van der Waals surface area contributed by atoms with Gasteiger partial charge in [0.05, 0.1) is 5.02 Å². The average molecular weight is 318 g/mol. The standard InChI is InChI=1S/C13H20ClN3O2S/c14-12-5-4-11(15)10-13(12)20(18,19)16-6-3-9-17-7-1-2-8-17/h4-5,10,16H,1-3,6-9,15H2. The van der Waals surface area contributed by atoms with Crippen molar-refractivity contribution in [2.24, 2.45) is 0 Å². The van der Waals surface area contributed by atoms with E-state index in [9.17, 15) is 8.42 Å². The van der Waals surface area contributed by atoms with Crippen molar-refractivity contribution >= 4 is 27.3 Å². The van der Waals surface area contributed by atoms with E-state index in [4.69, 9.17) is 17.3 Å². The Balaban J connectivity index is 1.88. The van der Waals surface area contributed by atoms with Crippen molar-refractivity contribution < 1.29 is 8.42 Å². The van der Waals surface area contributed by atoms with Gasteiger partial charge >= 0.3 is 0 Å². The molecule has 1 saturated heterocycles. The minimum absolute atomic E-state index is 0.0420. The van der Waals surface area contributed by atoms with Gasteiger partial charge < -0.3 is 10.6 Å². The summed E-state index contributed by atoms with van der Waals surface area (Å²) in [5, 5.41) is 0.186. The third kappa shape index (κ3) is 4.09. The first-order valence-electron chi connectivity index (χ1n) is 6.76. The molecule has 1 fully saturated rings. The van der Waals surface area contributed by atoms with Gasteiger partial charge in [0.1, 0.15) is 4.90 Å². The molecule has 1 aromatic carbocycles. The number of likely N-dealkylation sites (tertiary alicyclic amines) is 1. The van der Waals surface area contributed by atoms with Crippen molar-refractivity contribution in [3.8, 4) is 0 Å². The van der Waals surface area contributed by atoms with Crippen LogP contribution >= 0.6 is 11.6 Å². The largest absolute Gasteiger partial charge is 0.399 e. The van der Waals surface area contributed by atoms with Gasteiger partial charge in [-0.1, -0.05) is 11.6 Å². The number of halogens is 1. The lowest BCUT2D eigenvalue weighted by Gasteiger charge is -2.14. The number of hydrogen-bond donors (Lipinski definition) is 2. The van der Waals surface area contributed by atoms with Crippen LogP contribution in [0.5, 0.6) is 0 Å². The Bertz CT molecular complexity index is 557. The highest BCUT2D eigenvalue weighted by Gasteiger charge is 2.18. The van der Waals surface area contributed by atoms with E-state index in [-0.39, 0.29) is 9.92 Å². The summed E-state index contributed by atoms with van der Waals surface area (Å²) in [7, 11) is -3.59. The molecule has 0 bridgehead atoms. The highest BCUT2D eigenvalue weighted by Crippen LogP contribution is 2.23. The highest BCUT2D eigenvalue weighted by molar-refractivity contribution is 7.89. The summed E-state index contributed by atoms with van der Waals surface area (Å²) in [5.41, 5.74) is 5.99. The van der Waals surface area contributed by atoms with Crippen molar-refractivity contribution in [1.29, 1.82) is 0 Å². The first-order valence-corrected chi connectivity index (χ1v) is 8.62. The molecule has 1 aliphatic rings. The van der Waals surface area contributed by atoms with Crippen LogP contribution in [-0.2, 0) is 10.0 Å². The zero-order chi connectivity index (χ0) is 14.6.